The van der Waals surface area contributed by atoms with Crippen molar-refractivity contribution in [2.45, 2.75) is 26.8 Å². The Morgan fingerprint density at radius 2 is 2.05 bits per heavy atom. The van der Waals surface area contributed by atoms with Crippen LogP contribution in [0.5, 0.6) is 0 Å². The van der Waals surface area contributed by atoms with Gasteiger partial charge in [0.05, 0.1) is 0 Å². The Balaban J connectivity index is 2.43. The van der Waals surface area contributed by atoms with Crippen molar-refractivity contribution >= 4 is 11.7 Å². The van der Waals surface area contributed by atoms with Crippen molar-refractivity contribution in [3.05, 3.63) is 29.3 Å². The number of aliphatic hydroxyl groups is 1. The van der Waals surface area contributed by atoms with Gasteiger partial charge in [-0.1, -0.05) is 13.0 Å². The van der Waals surface area contributed by atoms with Gasteiger partial charge in [0.15, 0.2) is 0 Å². The number of benzene rings is 1. The zero-order valence-corrected chi connectivity index (χ0v) is 13.4. The lowest BCUT2D eigenvalue weighted by atomic mass is 10.1. The van der Waals surface area contributed by atoms with Gasteiger partial charge in [-0.15, -0.1) is 0 Å². The van der Waals surface area contributed by atoms with Gasteiger partial charge in [0.25, 0.3) is 0 Å². The van der Waals surface area contributed by atoms with Crippen LogP contribution >= 0.6 is 0 Å². The zero-order chi connectivity index (χ0) is 15.8. The maximum absolute atomic E-state index is 11.7. The number of carbonyl (C=O) groups is 1. The molecule has 5 heteroatoms. The molecule has 0 saturated heterocycles. The number of aryl methyl sites for hydroxylation is 1. The number of anilines is 1. The summed E-state index contributed by atoms with van der Waals surface area (Å²) in [6, 6.07) is 6.03. The average molecular weight is 293 g/mol. The molecule has 21 heavy (non-hydrogen) atoms. The number of carbonyl (C=O) groups excluding carboxylic acids is 1. The molecule has 118 valence electrons. The van der Waals surface area contributed by atoms with Crippen molar-refractivity contribution in [3.63, 3.8) is 0 Å². The quantitative estimate of drug-likeness (QED) is 0.719. The second-order valence-electron chi connectivity index (χ2n) is 5.69. The minimum Gasteiger partial charge on any atom is -0.396 e. The molecule has 0 fully saturated rings. The van der Waals surface area contributed by atoms with Crippen molar-refractivity contribution < 1.29 is 9.90 Å². The maximum Gasteiger partial charge on any atom is 0.315 e. The first-order valence-corrected chi connectivity index (χ1v) is 7.33. The molecular weight excluding hydrogens is 266 g/mol. The van der Waals surface area contributed by atoms with Crippen LogP contribution in [0.3, 0.4) is 0 Å². The van der Waals surface area contributed by atoms with E-state index in [2.05, 4.69) is 21.6 Å². The van der Waals surface area contributed by atoms with Gasteiger partial charge >= 0.3 is 6.03 Å². The zero-order valence-electron chi connectivity index (χ0n) is 13.4. The maximum atomic E-state index is 11.7. The third kappa shape index (κ3) is 6.04. The van der Waals surface area contributed by atoms with E-state index < -0.39 is 0 Å². The topological polar surface area (TPSA) is 64.6 Å². The lowest BCUT2D eigenvalue weighted by Gasteiger charge is -2.16. The third-order valence-electron chi connectivity index (χ3n) is 3.51. The molecule has 0 heterocycles. The third-order valence-corrected chi connectivity index (χ3v) is 3.51. The lowest BCUT2D eigenvalue weighted by molar-refractivity contribution is 0.233. The first-order chi connectivity index (χ1) is 9.93. The molecule has 0 saturated carbocycles. The van der Waals surface area contributed by atoms with E-state index in [9.17, 15) is 4.79 Å². The monoisotopic (exact) mass is 293 g/mol. The molecule has 0 aliphatic rings. The molecule has 0 radical (unpaired) electrons. The Morgan fingerprint density at radius 1 is 1.33 bits per heavy atom. The summed E-state index contributed by atoms with van der Waals surface area (Å²) in [5.41, 5.74) is 3.42. The van der Waals surface area contributed by atoms with E-state index in [4.69, 9.17) is 5.11 Å². The fraction of sp³-hybridized carbons (Fsp3) is 0.562. The van der Waals surface area contributed by atoms with Crippen LogP contribution in [0.2, 0.25) is 0 Å². The summed E-state index contributed by atoms with van der Waals surface area (Å²) in [4.78, 5) is 13.8. The summed E-state index contributed by atoms with van der Waals surface area (Å²) in [5, 5.41) is 14.5. The second kappa shape index (κ2) is 8.52. The highest BCUT2D eigenvalue weighted by Gasteiger charge is 2.06. The van der Waals surface area contributed by atoms with E-state index in [1.807, 2.05) is 40.1 Å². The van der Waals surface area contributed by atoms with Crippen molar-refractivity contribution in [1.82, 2.24) is 10.6 Å². The van der Waals surface area contributed by atoms with E-state index in [0.29, 0.717) is 19.5 Å². The van der Waals surface area contributed by atoms with Crippen LogP contribution in [-0.4, -0.2) is 38.4 Å². The Bertz CT molecular complexity index is 461. The number of urea groups is 1. The first-order valence-electron chi connectivity index (χ1n) is 7.33. The molecule has 1 aromatic rings. The van der Waals surface area contributed by atoms with Crippen molar-refractivity contribution in [2.24, 2.45) is 5.92 Å². The molecule has 0 bridgehead atoms. The summed E-state index contributed by atoms with van der Waals surface area (Å²) in [7, 11) is 4.02. The van der Waals surface area contributed by atoms with Crippen LogP contribution in [0.25, 0.3) is 0 Å². The highest BCUT2D eigenvalue weighted by Crippen LogP contribution is 2.17. The van der Waals surface area contributed by atoms with E-state index in [0.717, 1.165) is 16.8 Å². The summed E-state index contributed by atoms with van der Waals surface area (Å²) in [6.45, 7) is 5.29. The SMILES string of the molecule is Cc1cc(N(C)C)ccc1CNC(=O)NCC(C)CCO. The molecule has 1 atom stereocenters. The number of hydrogen-bond acceptors (Lipinski definition) is 3. The van der Waals surface area contributed by atoms with E-state index in [-0.39, 0.29) is 18.6 Å². The predicted molar refractivity (Wildman–Crippen MR) is 86.6 cm³/mol. The van der Waals surface area contributed by atoms with Gasteiger partial charge in [-0.2, -0.15) is 0 Å². The molecule has 1 unspecified atom stereocenters. The summed E-state index contributed by atoms with van der Waals surface area (Å²) in [6.07, 6.45) is 0.700. The minimum atomic E-state index is -0.170. The average Bonchev–Trinajstić information content (AvgIpc) is 2.44. The van der Waals surface area contributed by atoms with Crippen LogP contribution in [0.1, 0.15) is 24.5 Å². The van der Waals surface area contributed by atoms with Gasteiger partial charge in [0, 0.05) is 39.5 Å². The number of nitrogens with one attached hydrogen (secondary N) is 2. The molecule has 0 aromatic heterocycles. The highest BCUT2D eigenvalue weighted by atomic mass is 16.3. The van der Waals surface area contributed by atoms with E-state index in [1.165, 1.54) is 0 Å². The van der Waals surface area contributed by atoms with Gasteiger partial charge in [-0.05, 0) is 42.5 Å². The molecule has 3 N–H and O–H groups in total. The van der Waals surface area contributed by atoms with Gasteiger partial charge < -0.3 is 20.6 Å². The number of nitrogens with zero attached hydrogens (tertiary/aromatic N) is 1. The minimum absolute atomic E-state index is 0.155. The van der Waals surface area contributed by atoms with E-state index >= 15 is 0 Å². The molecule has 1 rings (SSSR count). The Morgan fingerprint density at radius 3 is 2.62 bits per heavy atom. The molecule has 0 spiro atoms. The lowest BCUT2D eigenvalue weighted by Crippen LogP contribution is -2.37. The van der Waals surface area contributed by atoms with Crippen LogP contribution in [-0.2, 0) is 6.54 Å². The fourth-order valence-electron chi connectivity index (χ4n) is 1.98. The largest absolute Gasteiger partial charge is 0.396 e. The summed E-state index contributed by atoms with van der Waals surface area (Å²) >= 11 is 0. The summed E-state index contributed by atoms with van der Waals surface area (Å²) in [5.74, 6) is 0.280. The number of rotatable bonds is 7. The highest BCUT2D eigenvalue weighted by molar-refractivity contribution is 5.73. The van der Waals surface area contributed by atoms with Crippen LogP contribution in [0.4, 0.5) is 10.5 Å². The molecule has 0 aliphatic heterocycles. The summed E-state index contributed by atoms with van der Waals surface area (Å²) < 4.78 is 0. The molecule has 2 amide bonds. The standard InChI is InChI=1S/C16H27N3O2/c1-12(7-8-20)10-17-16(21)18-11-14-5-6-15(19(3)4)9-13(14)2/h5-6,9,12,20H,7-8,10-11H2,1-4H3,(H2,17,18,21). The van der Waals surface area contributed by atoms with Crippen LogP contribution in [0, 0.1) is 12.8 Å². The molecule has 5 nitrogen and oxygen atoms in total. The Hall–Kier alpha value is -1.75. The van der Waals surface area contributed by atoms with Crippen molar-refractivity contribution in [2.75, 3.05) is 32.1 Å². The van der Waals surface area contributed by atoms with Gasteiger partial charge in [0.1, 0.15) is 0 Å². The predicted octanol–water partition coefficient (Wildman–Crippen LogP) is 1.88. The van der Waals surface area contributed by atoms with Gasteiger partial charge in [0.2, 0.25) is 0 Å². The number of aliphatic hydroxyl groups excluding tert-OH is 1. The smallest absolute Gasteiger partial charge is 0.315 e. The fourth-order valence-corrected chi connectivity index (χ4v) is 1.98. The van der Waals surface area contributed by atoms with Crippen LogP contribution in [0.15, 0.2) is 18.2 Å². The Kier molecular flexibility index (Phi) is 7.02. The first kappa shape index (κ1) is 17.3. The molecule has 0 aliphatic carbocycles. The van der Waals surface area contributed by atoms with E-state index in [1.54, 1.807) is 0 Å². The molecular formula is C16H27N3O2. The van der Waals surface area contributed by atoms with Gasteiger partial charge in [-0.25, -0.2) is 4.79 Å². The number of amides is 2. The van der Waals surface area contributed by atoms with Crippen molar-refractivity contribution in [1.29, 1.82) is 0 Å². The van der Waals surface area contributed by atoms with Crippen molar-refractivity contribution in [3.8, 4) is 0 Å². The molecule has 1 aromatic carbocycles. The second-order valence-corrected chi connectivity index (χ2v) is 5.69. The number of hydrogen-bond donors (Lipinski definition) is 3. The normalized spacial score (nSPS) is 11.9. The van der Waals surface area contributed by atoms with Gasteiger partial charge in [-0.3, -0.25) is 0 Å². The van der Waals surface area contributed by atoms with Crippen LogP contribution < -0.4 is 15.5 Å². The Labute approximate surface area is 127 Å².